The van der Waals surface area contributed by atoms with E-state index in [0.29, 0.717) is 12.0 Å². The lowest BCUT2D eigenvalue weighted by molar-refractivity contribution is -0.143. The van der Waals surface area contributed by atoms with Gasteiger partial charge in [0.1, 0.15) is 17.7 Å². The van der Waals surface area contributed by atoms with Gasteiger partial charge in [0.25, 0.3) is 0 Å². The van der Waals surface area contributed by atoms with Crippen LogP contribution in [0.2, 0.25) is 0 Å². The second kappa shape index (κ2) is 13.8. The molecule has 202 valence electrons. The molecule has 0 saturated carbocycles. The van der Waals surface area contributed by atoms with Crippen LogP contribution >= 0.6 is 0 Å². The zero-order valence-electron chi connectivity index (χ0n) is 22.8. The van der Waals surface area contributed by atoms with Crippen molar-refractivity contribution >= 4 is 17.9 Å². The molecule has 2 aromatic rings. The van der Waals surface area contributed by atoms with E-state index in [1.54, 1.807) is 26.8 Å². The molecule has 0 aliphatic rings. The van der Waals surface area contributed by atoms with Crippen molar-refractivity contribution in [2.24, 2.45) is 5.92 Å². The molecule has 0 aliphatic carbocycles. The highest BCUT2D eigenvalue weighted by atomic mass is 16.6. The van der Waals surface area contributed by atoms with Crippen LogP contribution in [0.5, 0.6) is 0 Å². The molecular formula is C29H41N3O5. The third-order valence-corrected chi connectivity index (χ3v) is 5.55. The second-order valence-electron chi connectivity index (χ2n) is 10.6. The van der Waals surface area contributed by atoms with Gasteiger partial charge in [-0.1, -0.05) is 74.0 Å². The zero-order chi connectivity index (χ0) is 27.6. The predicted molar refractivity (Wildman–Crippen MR) is 144 cm³/mol. The molecule has 0 heterocycles. The highest BCUT2D eigenvalue weighted by Gasteiger charge is 2.36. The molecule has 3 N–H and O–H groups in total. The van der Waals surface area contributed by atoms with Crippen molar-refractivity contribution in [1.29, 1.82) is 0 Å². The maximum absolute atomic E-state index is 13.9. The van der Waals surface area contributed by atoms with Gasteiger partial charge in [0.2, 0.25) is 11.8 Å². The minimum absolute atomic E-state index is 0.0733. The lowest BCUT2D eigenvalue weighted by Crippen LogP contribution is -2.54. The number of aliphatic hydroxyl groups is 1. The van der Waals surface area contributed by atoms with Crippen LogP contribution in [-0.2, 0) is 20.9 Å². The number of aliphatic hydroxyl groups excluding tert-OH is 1. The molecule has 0 aliphatic heterocycles. The van der Waals surface area contributed by atoms with Gasteiger partial charge in [-0.25, -0.2) is 4.79 Å². The summed E-state index contributed by atoms with van der Waals surface area (Å²) < 4.78 is 5.39. The Hall–Kier alpha value is -3.39. The molecule has 2 atom stereocenters. The highest BCUT2D eigenvalue weighted by Crippen LogP contribution is 2.25. The van der Waals surface area contributed by atoms with E-state index >= 15 is 0 Å². The summed E-state index contributed by atoms with van der Waals surface area (Å²) in [5.41, 5.74) is 1.73. The Morgan fingerprint density at radius 3 is 2.27 bits per heavy atom. The summed E-state index contributed by atoms with van der Waals surface area (Å²) in [7, 11) is 0. The molecule has 0 fully saturated rings. The first kappa shape index (κ1) is 29.8. The number of nitrogens with zero attached hydrogens (tertiary/aromatic N) is 1. The van der Waals surface area contributed by atoms with Crippen LogP contribution in [0.1, 0.15) is 63.8 Å². The minimum Gasteiger partial charge on any atom is -0.444 e. The van der Waals surface area contributed by atoms with E-state index in [-0.39, 0.29) is 31.5 Å². The fraction of sp³-hybridized carbons (Fsp3) is 0.483. The summed E-state index contributed by atoms with van der Waals surface area (Å²) in [6.45, 7) is 10.9. The van der Waals surface area contributed by atoms with Crippen LogP contribution in [0.25, 0.3) is 0 Å². The number of benzene rings is 2. The van der Waals surface area contributed by atoms with Crippen LogP contribution in [0.15, 0.2) is 54.6 Å². The summed E-state index contributed by atoms with van der Waals surface area (Å²) in [4.78, 5) is 41.4. The van der Waals surface area contributed by atoms with Crippen molar-refractivity contribution in [2.45, 2.75) is 72.2 Å². The van der Waals surface area contributed by atoms with Crippen molar-refractivity contribution in [3.63, 3.8) is 0 Å². The first-order valence-electron chi connectivity index (χ1n) is 12.7. The standard InChI is InChI=1S/C29H41N3O5/c1-20(2)17-24(31-28(36)37-29(4,5)6)27(35)32(15-16-33)25(23-14-10-11-21(3)18-23)26(34)30-19-22-12-8-7-9-13-22/h7-14,18,20,24-25,33H,15-17,19H2,1-6H3,(H,30,34)(H,31,36). The molecule has 0 saturated heterocycles. The summed E-state index contributed by atoms with van der Waals surface area (Å²) >= 11 is 0. The molecule has 37 heavy (non-hydrogen) atoms. The average Bonchev–Trinajstić information content (AvgIpc) is 2.81. The number of carbonyl (C=O) groups is 3. The van der Waals surface area contributed by atoms with Gasteiger partial charge in [-0.05, 0) is 51.2 Å². The van der Waals surface area contributed by atoms with E-state index in [4.69, 9.17) is 4.74 Å². The third kappa shape index (κ3) is 9.88. The Morgan fingerprint density at radius 1 is 1.03 bits per heavy atom. The van der Waals surface area contributed by atoms with Crippen molar-refractivity contribution in [1.82, 2.24) is 15.5 Å². The molecule has 0 bridgehead atoms. The van der Waals surface area contributed by atoms with Crippen molar-refractivity contribution in [2.75, 3.05) is 13.2 Å². The zero-order valence-corrected chi connectivity index (χ0v) is 22.8. The summed E-state index contributed by atoms with van der Waals surface area (Å²) in [6, 6.07) is 14.9. The molecule has 2 aromatic carbocycles. The number of ether oxygens (including phenoxy) is 1. The summed E-state index contributed by atoms with van der Waals surface area (Å²) in [5.74, 6) is -0.768. The Morgan fingerprint density at radius 2 is 1.70 bits per heavy atom. The average molecular weight is 512 g/mol. The molecule has 8 heteroatoms. The topological polar surface area (TPSA) is 108 Å². The normalized spacial score (nSPS) is 13.0. The van der Waals surface area contributed by atoms with E-state index in [2.05, 4.69) is 10.6 Å². The summed E-state index contributed by atoms with van der Waals surface area (Å²) in [5, 5.41) is 15.5. The maximum Gasteiger partial charge on any atom is 0.408 e. The van der Waals surface area contributed by atoms with Gasteiger partial charge >= 0.3 is 6.09 Å². The smallest absolute Gasteiger partial charge is 0.408 e. The molecule has 0 spiro atoms. The molecule has 8 nitrogen and oxygen atoms in total. The fourth-order valence-corrected chi connectivity index (χ4v) is 4.01. The molecule has 2 rings (SSSR count). The monoisotopic (exact) mass is 511 g/mol. The first-order valence-corrected chi connectivity index (χ1v) is 12.7. The van der Waals surface area contributed by atoms with Gasteiger partial charge in [-0.15, -0.1) is 0 Å². The van der Waals surface area contributed by atoms with E-state index in [1.165, 1.54) is 4.90 Å². The largest absolute Gasteiger partial charge is 0.444 e. The number of hydrogen-bond donors (Lipinski definition) is 3. The maximum atomic E-state index is 13.9. The van der Waals surface area contributed by atoms with E-state index in [0.717, 1.165) is 11.1 Å². The van der Waals surface area contributed by atoms with Crippen LogP contribution in [-0.4, -0.2) is 52.7 Å². The van der Waals surface area contributed by atoms with Gasteiger partial charge in [0, 0.05) is 13.1 Å². The van der Waals surface area contributed by atoms with E-state index < -0.39 is 29.7 Å². The molecule has 0 radical (unpaired) electrons. The predicted octanol–water partition coefficient (Wildman–Crippen LogP) is 4.11. The molecule has 3 amide bonds. The Kier molecular flexibility index (Phi) is 11.1. The minimum atomic E-state index is -1.00. The fourth-order valence-electron chi connectivity index (χ4n) is 4.01. The van der Waals surface area contributed by atoms with E-state index in [1.807, 2.05) is 69.3 Å². The molecule has 0 aromatic heterocycles. The third-order valence-electron chi connectivity index (χ3n) is 5.55. The van der Waals surface area contributed by atoms with Gasteiger partial charge in [0.15, 0.2) is 0 Å². The Labute approximate surface area is 220 Å². The quantitative estimate of drug-likeness (QED) is 0.421. The van der Waals surface area contributed by atoms with Gasteiger partial charge in [0.05, 0.1) is 6.61 Å². The number of nitrogens with one attached hydrogen (secondary N) is 2. The summed E-state index contributed by atoms with van der Waals surface area (Å²) in [6.07, 6.45) is -0.372. The Balaban J connectivity index is 2.42. The van der Waals surface area contributed by atoms with E-state index in [9.17, 15) is 19.5 Å². The first-order chi connectivity index (χ1) is 17.4. The van der Waals surface area contributed by atoms with Crippen LogP contribution in [0, 0.1) is 12.8 Å². The van der Waals surface area contributed by atoms with Crippen LogP contribution < -0.4 is 10.6 Å². The SMILES string of the molecule is Cc1cccc(C(C(=O)NCc2ccccc2)N(CCO)C(=O)C(CC(C)C)NC(=O)OC(C)(C)C)c1. The Bertz CT molecular complexity index is 1030. The van der Waals surface area contributed by atoms with Gasteiger partial charge < -0.3 is 25.4 Å². The van der Waals surface area contributed by atoms with Crippen LogP contribution in [0.4, 0.5) is 4.79 Å². The van der Waals surface area contributed by atoms with Gasteiger partial charge in [-0.2, -0.15) is 0 Å². The van der Waals surface area contributed by atoms with Crippen molar-refractivity contribution in [3.05, 3.63) is 71.3 Å². The second-order valence-corrected chi connectivity index (χ2v) is 10.6. The molecule has 2 unspecified atom stereocenters. The van der Waals surface area contributed by atoms with Crippen molar-refractivity contribution in [3.8, 4) is 0 Å². The number of carbonyl (C=O) groups excluding carboxylic acids is 3. The highest BCUT2D eigenvalue weighted by molar-refractivity contribution is 5.92. The number of hydrogen-bond acceptors (Lipinski definition) is 5. The lowest BCUT2D eigenvalue weighted by Gasteiger charge is -2.34. The van der Waals surface area contributed by atoms with Crippen LogP contribution in [0.3, 0.4) is 0 Å². The lowest BCUT2D eigenvalue weighted by atomic mass is 9.98. The number of rotatable bonds is 11. The number of alkyl carbamates (subject to hydrolysis) is 1. The van der Waals surface area contributed by atoms with Gasteiger partial charge in [-0.3, -0.25) is 9.59 Å². The number of amides is 3. The number of aryl methyl sites for hydroxylation is 1. The molecular weight excluding hydrogens is 470 g/mol. The van der Waals surface area contributed by atoms with Crippen molar-refractivity contribution < 1.29 is 24.2 Å².